The molecule has 14 nitrogen and oxygen atoms in total. The van der Waals surface area contributed by atoms with Gasteiger partial charge in [0.25, 0.3) is 20.0 Å². The maximum absolute atomic E-state index is 12.6. The minimum atomic E-state index is -4.03. The predicted molar refractivity (Wildman–Crippen MR) is 220 cm³/mol. The van der Waals surface area contributed by atoms with Crippen molar-refractivity contribution in [2.24, 2.45) is 10.1 Å². The van der Waals surface area contributed by atoms with Crippen molar-refractivity contribution in [3.63, 3.8) is 0 Å². The number of anilines is 1. The first-order valence-corrected chi connectivity index (χ1v) is 23.4. The third-order valence-corrected chi connectivity index (χ3v) is 14.5. The van der Waals surface area contributed by atoms with Crippen LogP contribution in [0.4, 0.5) is 16.2 Å². The molecule has 0 fully saturated rings. The number of nitrogens with one attached hydrogen (secondary N) is 2. The van der Waals surface area contributed by atoms with E-state index in [-0.39, 0.29) is 22.1 Å². The Morgan fingerprint density at radius 1 is 0.714 bits per heavy atom. The van der Waals surface area contributed by atoms with Gasteiger partial charge in [0.1, 0.15) is 0 Å². The lowest BCUT2D eigenvalue weighted by Gasteiger charge is -2.18. The van der Waals surface area contributed by atoms with Gasteiger partial charge in [-0.05, 0) is 161 Å². The molecule has 0 spiro atoms. The van der Waals surface area contributed by atoms with Gasteiger partial charge in [0, 0.05) is 39.1 Å². The number of hydrogen-bond donors (Lipinski definition) is 3. The number of rotatable bonds is 7. The van der Waals surface area contributed by atoms with Crippen molar-refractivity contribution in [1.82, 2.24) is 24.3 Å². The van der Waals surface area contributed by atoms with Gasteiger partial charge in [-0.1, -0.05) is 31.9 Å². The first-order chi connectivity index (χ1) is 26.5. The SMILES string of the molecule is CC(C)n1ccc(S(=O)(=O)NC(=O)Nc2c3c(c(Br)c4c2CCC4)CCC3)n1.CC(C)n1ccc(S(N)(=O)=O)n1.O=C=Nc1c2c(c(Br)c3c1CCC3)CCC2. The molecule has 0 saturated heterocycles. The summed E-state index contributed by atoms with van der Waals surface area (Å²) in [6.45, 7) is 7.61. The number of hydrogen-bond acceptors (Lipinski definition) is 9. The lowest BCUT2D eigenvalue weighted by Crippen LogP contribution is -2.35. The number of amides is 2. The van der Waals surface area contributed by atoms with Crippen LogP contribution in [0.2, 0.25) is 0 Å². The minimum Gasteiger partial charge on any atom is -0.307 e. The average Bonchev–Trinajstić information content (AvgIpc) is 3.98. The Morgan fingerprint density at radius 3 is 1.50 bits per heavy atom. The van der Waals surface area contributed by atoms with Crippen molar-refractivity contribution < 1.29 is 26.4 Å². The summed E-state index contributed by atoms with van der Waals surface area (Å²) in [5, 5.41) is 15.3. The largest absolute Gasteiger partial charge is 0.333 e. The van der Waals surface area contributed by atoms with Crippen LogP contribution >= 0.6 is 31.9 Å². The number of sulfonamides is 2. The zero-order chi connectivity index (χ0) is 40.5. The van der Waals surface area contributed by atoms with Gasteiger partial charge in [-0.2, -0.15) is 23.6 Å². The van der Waals surface area contributed by atoms with Gasteiger partial charge >= 0.3 is 6.03 Å². The van der Waals surface area contributed by atoms with Crippen LogP contribution in [0.1, 0.15) is 110 Å². The number of isocyanates is 1. The number of aliphatic imine (C=N–C) groups is 1. The number of halogens is 2. The molecule has 18 heteroatoms. The van der Waals surface area contributed by atoms with Crippen molar-refractivity contribution in [2.75, 3.05) is 5.32 Å². The quantitative estimate of drug-likeness (QED) is 0.127. The fraction of sp³-hybridized carbons (Fsp3) is 0.474. The van der Waals surface area contributed by atoms with Crippen LogP contribution in [-0.2, 0) is 76.2 Å². The van der Waals surface area contributed by atoms with Crippen molar-refractivity contribution in [3.8, 4) is 0 Å². The molecule has 2 heterocycles. The summed E-state index contributed by atoms with van der Waals surface area (Å²) in [6.07, 6.45) is 17.4. The summed E-state index contributed by atoms with van der Waals surface area (Å²) < 4.78 is 54.3. The average molecular weight is 935 g/mol. The summed E-state index contributed by atoms with van der Waals surface area (Å²) in [5.41, 5.74) is 11.8. The van der Waals surface area contributed by atoms with Crippen molar-refractivity contribution in [3.05, 3.63) is 78.0 Å². The summed E-state index contributed by atoms with van der Waals surface area (Å²) in [6, 6.07) is 2.20. The van der Waals surface area contributed by atoms with Gasteiger partial charge in [0.05, 0.1) is 5.69 Å². The molecule has 0 unspecified atom stereocenters. The monoisotopic (exact) mass is 932 g/mol. The van der Waals surface area contributed by atoms with Gasteiger partial charge in [0.2, 0.25) is 6.08 Å². The molecular formula is C38H46Br2N8O6S2. The maximum atomic E-state index is 12.6. The molecule has 0 aliphatic heterocycles. The molecule has 4 N–H and O–H groups in total. The van der Waals surface area contributed by atoms with Crippen molar-refractivity contribution >= 4 is 75.4 Å². The van der Waals surface area contributed by atoms with E-state index >= 15 is 0 Å². The van der Waals surface area contributed by atoms with E-state index in [1.807, 2.05) is 27.7 Å². The Bertz CT molecular complexity index is 2380. The van der Waals surface area contributed by atoms with Crippen LogP contribution in [0.25, 0.3) is 0 Å². The Kier molecular flexibility index (Phi) is 12.8. The first kappa shape index (κ1) is 41.9. The number of carbonyl (C=O) groups excluding carboxylic acids is 2. The highest BCUT2D eigenvalue weighted by atomic mass is 79.9. The molecule has 4 aromatic rings. The normalized spacial score (nSPS) is 15.2. The third-order valence-electron chi connectivity index (χ3n) is 10.5. The Hall–Kier alpha value is -3.67. The molecule has 0 saturated carbocycles. The molecule has 4 aliphatic rings. The number of aromatic nitrogens is 4. The van der Waals surface area contributed by atoms with E-state index in [2.05, 4.69) is 57.1 Å². The van der Waals surface area contributed by atoms with Gasteiger partial charge in [-0.3, -0.25) is 9.36 Å². The van der Waals surface area contributed by atoms with Crippen LogP contribution in [-0.4, -0.2) is 48.5 Å². The zero-order valence-corrected chi connectivity index (χ0v) is 36.6. The minimum absolute atomic E-state index is 0.0331. The van der Waals surface area contributed by atoms with E-state index in [4.69, 9.17) is 5.14 Å². The molecule has 0 bridgehead atoms. The number of benzene rings is 2. The van der Waals surface area contributed by atoms with E-state index in [1.165, 1.54) is 67.3 Å². The van der Waals surface area contributed by atoms with Crippen LogP contribution in [0, 0.1) is 0 Å². The Balaban J connectivity index is 0.000000159. The number of carbonyl (C=O) groups is 1. The summed E-state index contributed by atoms with van der Waals surface area (Å²) >= 11 is 7.47. The lowest BCUT2D eigenvalue weighted by molar-refractivity contribution is 0.256. The van der Waals surface area contributed by atoms with E-state index < -0.39 is 26.1 Å². The number of fused-ring (bicyclic) bond motifs is 4. The molecule has 2 amide bonds. The molecule has 0 radical (unpaired) electrons. The van der Waals surface area contributed by atoms with E-state index in [0.29, 0.717) is 0 Å². The second-order valence-corrected chi connectivity index (χ2v) is 19.6. The maximum Gasteiger partial charge on any atom is 0.333 e. The van der Waals surface area contributed by atoms with Gasteiger partial charge in [-0.25, -0.2) is 27.9 Å². The van der Waals surface area contributed by atoms with E-state index in [1.54, 1.807) is 27.8 Å². The standard InChI is InChI=1S/C19H23BrN4O3S.C13H12BrNO.C6H11N3O2S/c1-11(2)24-10-9-16(22-24)28(26,27)23-19(25)21-18-14-7-3-5-12(14)17(20)13-6-4-8-15(13)18;14-12-8-3-1-5-10(8)13(15-7-16)11-6-2-4-9(11)12;1-5(2)9-4-3-6(8-9)12(7,10)11/h9-11H,3-8H2,1-2H3,(H2,21,23,25);1-6H2;3-5H,1-2H3,(H2,7,10,11). The van der Waals surface area contributed by atoms with Crippen molar-refractivity contribution in [2.45, 2.75) is 127 Å². The van der Waals surface area contributed by atoms with Crippen LogP contribution in [0.15, 0.2) is 48.5 Å². The Morgan fingerprint density at radius 2 is 1.11 bits per heavy atom. The fourth-order valence-electron chi connectivity index (χ4n) is 7.90. The van der Waals surface area contributed by atoms with Crippen LogP contribution in [0.3, 0.4) is 0 Å². The molecule has 2 aromatic heterocycles. The molecule has 56 heavy (non-hydrogen) atoms. The number of nitrogens with two attached hydrogens (primary N) is 1. The lowest BCUT2D eigenvalue weighted by atomic mass is 9.99. The molecule has 8 rings (SSSR count). The number of nitrogens with zero attached hydrogens (tertiary/aromatic N) is 5. The highest BCUT2D eigenvalue weighted by molar-refractivity contribution is 9.11. The van der Waals surface area contributed by atoms with Gasteiger partial charge in [-0.15, -0.1) is 0 Å². The predicted octanol–water partition coefficient (Wildman–Crippen LogP) is 7.22. The molecule has 2 aromatic carbocycles. The topological polar surface area (TPSA) is 200 Å². The van der Waals surface area contributed by atoms with E-state index in [9.17, 15) is 26.4 Å². The fourth-order valence-corrected chi connectivity index (χ4v) is 11.0. The summed E-state index contributed by atoms with van der Waals surface area (Å²) in [4.78, 5) is 27.1. The second kappa shape index (κ2) is 17.0. The summed E-state index contributed by atoms with van der Waals surface area (Å²) in [7, 11) is -7.68. The summed E-state index contributed by atoms with van der Waals surface area (Å²) in [5.74, 6) is 0. The third kappa shape index (κ3) is 8.75. The van der Waals surface area contributed by atoms with Crippen LogP contribution < -0.4 is 15.2 Å². The molecular weight excluding hydrogens is 888 g/mol. The number of urea groups is 1. The smallest absolute Gasteiger partial charge is 0.307 e. The molecule has 300 valence electrons. The second-order valence-electron chi connectivity index (χ2n) is 14.9. The van der Waals surface area contributed by atoms with Crippen LogP contribution in [0.5, 0.6) is 0 Å². The first-order valence-electron chi connectivity index (χ1n) is 18.8. The molecule has 4 aliphatic carbocycles. The molecule has 0 atom stereocenters. The number of primary sulfonamides is 1. The van der Waals surface area contributed by atoms with Gasteiger partial charge in [0.15, 0.2) is 10.1 Å². The Labute approximate surface area is 344 Å². The zero-order valence-electron chi connectivity index (χ0n) is 31.8. The van der Waals surface area contributed by atoms with Crippen molar-refractivity contribution in [1.29, 1.82) is 0 Å². The van der Waals surface area contributed by atoms with Gasteiger partial charge < -0.3 is 5.32 Å². The highest BCUT2D eigenvalue weighted by Gasteiger charge is 2.30. The highest BCUT2D eigenvalue weighted by Crippen LogP contribution is 2.46. The van der Waals surface area contributed by atoms with E-state index in [0.717, 1.165) is 86.7 Å².